The van der Waals surface area contributed by atoms with Gasteiger partial charge in [-0.25, -0.2) is 0 Å². The minimum Gasteiger partial charge on any atom is -0.379 e. The number of nitrogens with zero attached hydrogens (tertiary/aromatic N) is 5. The third-order valence-corrected chi connectivity index (χ3v) is 6.59. The number of rotatable bonds is 9. The van der Waals surface area contributed by atoms with Crippen molar-refractivity contribution in [3.63, 3.8) is 0 Å². The molecule has 2 heterocycles. The monoisotopic (exact) mass is 466 g/mol. The Kier molecular flexibility index (Phi) is 8.09. The van der Waals surface area contributed by atoms with Gasteiger partial charge in [0, 0.05) is 26.2 Å². The second-order valence-corrected chi connectivity index (χ2v) is 9.28. The van der Waals surface area contributed by atoms with E-state index in [1.807, 2.05) is 24.3 Å². The summed E-state index contributed by atoms with van der Waals surface area (Å²) in [6.07, 6.45) is 0. The topological polar surface area (TPSA) is 85.2 Å². The fourth-order valence-electron chi connectivity index (χ4n) is 3.69. The molecule has 8 nitrogen and oxygen atoms in total. The first-order valence-corrected chi connectivity index (χ1v) is 12.2. The Balaban J connectivity index is 1.31. The molecule has 1 N–H and O–H groups in total. The average molecular weight is 467 g/mol. The number of hydrogen-bond acceptors (Lipinski definition) is 7. The Morgan fingerprint density at radius 3 is 2.55 bits per heavy atom. The van der Waals surface area contributed by atoms with Crippen LogP contribution in [0.2, 0.25) is 0 Å². The Morgan fingerprint density at radius 2 is 1.82 bits per heavy atom. The number of morpholine rings is 1. The normalized spacial score (nSPS) is 14.5. The summed E-state index contributed by atoms with van der Waals surface area (Å²) >= 11 is 1.33. The van der Waals surface area contributed by atoms with E-state index in [0.717, 1.165) is 44.1 Å². The van der Waals surface area contributed by atoms with Gasteiger partial charge in [-0.15, -0.1) is 5.10 Å². The Bertz CT molecular complexity index is 1050. The van der Waals surface area contributed by atoms with E-state index in [0.29, 0.717) is 17.6 Å². The van der Waals surface area contributed by atoms with Gasteiger partial charge in [0.2, 0.25) is 11.1 Å². The number of amides is 1. The van der Waals surface area contributed by atoms with Crippen LogP contribution in [0.4, 0.5) is 0 Å². The number of aromatic nitrogens is 4. The molecule has 0 bridgehead atoms. The third-order valence-electron chi connectivity index (χ3n) is 5.67. The average Bonchev–Trinajstić information content (AvgIpc) is 3.31. The molecule has 3 aromatic rings. The first-order valence-electron chi connectivity index (χ1n) is 11.3. The fourth-order valence-corrected chi connectivity index (χ4v) is 4.41. The van der Waals surface area contributed by atoms with Crippen molar-refractivity contribution in [1.29, 1.82) is 0 Å². The molecule has 33 heavy (non-hydrogen) atoms. The van der Waals surface area contributed by atoms with E-state index in [9.17, 15) is 4.79 Å². The van der Waals surface area contributed by atoms with Crippen molar-refractivity contribution in [2.45, 2.75) is 38.0 Å². The summed E-state index contributed by atoms with van der Waals surface area (Å²) in [5.74, 6) is 0.658. The van der Waals surface area contributed by atoms with Crippen molar-refractivity contribution in [3.05, 3.63) is 65.2 Å². The van der Waals surface area contributed by atoms with Crippen molar-refractivity contribution in [2.24, 2.45) is 0 Å². The molecule has 0 saturated carbocycles. The molecule has 1 aliphatic rings. The van der Waals surface area contributed by atoms with Crippen molar-refractivity contribution in [2.75, 3.05) is 32.1 Å². The molecule has 0 radical (unpaired) electrons. The summed E-state index contributed by atoms with van der Waals surface area (Å²) in [5.41, 5.74) is 4.51. The third kappa shape index (κ3) is 6.40. The molecular formula is C24H30N6O2S. The van der Waals surface area contributed by atoms with Crippen LogP contribution in [0.25, 0.3) is 5.69 Å². The Hall–Kier alpha value is -2.75. The summed E-state index contributed by atoms with van der Waals surface area (Å²) in [7, 11) is 0. The highest BCUT2D eigenvalue weighted by Crippen LogP contribution is 2.21. The quantitative estimate of drug-likeness (QED) is 0.485. The van der Waals surface area contributed by atoms with Gasteiger partial charge in [0.1, 0.15) is 0 Å². The highest BCUT2D eigenvalue weighted by atomic mass is 32.2. The summed E-state index contributed by atoms with van der Waals surface area (Å²) in [5, 5.41) is 15.6. The summed E-state index contributed by atoms with van der Waals surface area (Å²) in [6.45, 7) is 9.11. The molecule has 1 saturated heterocycles. The zero-order chi connectivity index (χ0) is 23.0. The van der Waals surface area contributed by atoms with Gasteiger partial charge in [-0.3, -0.25) is 9.69 Å². The van der Waals surface area contributed by atoms with Gasteiger partial charge >= 0.3 is 0 Å². The molecule has 4 rings (SSSR count). The summed E-state index contributed by atoms with van der Waals surface area (Å²) < 4.78 is 7.10. The zero-order valence-electron chi connectivity index (χ0n) is 19.1. The van der Waals surface area contributed by atoms with E-state index in [1.165, 1.54) is 22.9 Å². The van der Waals surface area contributed by atoms with Gasteiger partial charge in [0.05, 0.1) is 24.7 Å². The van der Waals surface area contributed by atoms with E-state index in [-0.39, 0.29) is 11.7 Å². The highest BCUT2D eigenvalue weighted by molar-refractivity contribution is 7.99. The second kappa shape index (κ2) is 11.4. The Morgan fingerprint density at radius 1 is 1.09 bits per heavy atom. The number of carbonyl (C=O) groups is 1. The maximum Gasteiger partial charge on any atom is 0.230 e. The lowest BCUT2D eigenvalue weighted by molar-refractivity contribution is -0.118. The standard InChI is InChI=1S/C24H30N6O2S/c1-18(2)19-7-9-22(10-8-19)30-24(26-27-28-30)33-17-23(31)25-15-20-5-3-4-6-21(20)16-29-11-13-32-14-12-29/h3-10,18H,11-17H2,1-2H3,(H,25,31). The molecule has 0 atom stereocenters. The van der Waals surface area contributed by atoms with Gasteiger partial charge in [-0.05, 0) is 45.2 Å². The Labute approximate surface area is 198 Å². The SMILES string of the molecule is CC(C)c1ccc(-n2nnnc2SCC(=O)NCc2ccccc2CN2CCOCC2)cc1. The smallest absolute Gasteiger partial charge is 0.230 e. The van der Waals surface area contributed by atoms with Gasteiger partial charge < -0.3 is 10.1 Å². The van der Waals surface area contributed by atoms with Crippen LogP contribution in [0.3, 0.4) is 0 Å². The van der Waals surface area contributed by atoms with Gasteiger partial charge in [0.25, 0.3) is 0 Å². The van der Waals surface area contributed by atoms with Crippen LogP contribution in [0, 0.1) is 0 Å². The maximum atomic E-state index is 12.5. The number of ether oxygens (including phenoxy) is 1. The van der Waals surface area contributed by atoms with Crippen LogP contribution in [0.1, 0.15) is 36.5 Å². The molecule has 174 valence electrons. The van der Waals surface area contributed by atoms with Crippen molar-refractivity contribution >= 4 is 17.7 Å². The minimum absolute atomic E-state index is 0.0501. The van der Waals surface area contributed by atoms with E-state index in [4.69, 9.17) is 4.74 Å². The van der Waals surface area contributed by atoms with Gasteiger partial charge in [0.15, 0.2) is 0 Å². The van der Waals surface area contributed by atoms with Crippen molar-refractivity contribution in [1.82, 2.24) is 30.4 Å². The molecule has 2 aromatic carbocycles. The predicted octanol–water partition coefficient (Wildman–Crippen LogP) is 3.03. The van der Waals surface area contributed by atoms with Crippen LogP contribution in [0.15, 0.2) is 53.7 Å². The van der Waals surface area contributed by atoms with Crippen LogP contribution >= 0.6 is 11.8 Å². The molecule has 0 spiro atoms. The number of hydrogen-bond donors (Lipinski definition) is 1. The van der Waals surface area contributed by atoms with Gasteiger partial charge in [-0.1, -0.05) is 62.0 Å². The molecular weight excluding hydrogens is 436 g/mol. The second-order valence-electron chi connectivity index (χ2n) is 8.34. The summed E-state index contributed by atoms with van der Waals surface area (Å²) in [6, 6.07) is 16.4. The summed E-state index contributed by atoms with van der Waals surface area (Å²) in [4.78, 5) is 14.9. The predicted molar refractivity (Wildman–Crippen MR) is 128 cm³/mol. The fraction of sp³-hybridized carbons (Fsp3) is 0.417. The molecule has 1 aromatic heterocycles. The van der Waals surface area contributed by atoms with Crippen LogP contribution < -0.4 is 5.32 Å². The van der Waals surface area contributed by atoms with Crippen molar-refractivity contribution < 1.29 is 9.53 Å². The van der Waals surface area contributed by atoms with E-state index < -0.39 is 0 Å². The number of benzene rings is 2. The first-order chi connectivity index (χ1) is 16.1. The number of tetrazole rings is 1. The molecule has 1 aliphatic heterocycles. The number of thioether (sulfide) groups is 1. The van der Waals surface area contributed by atoms with Crippen LogP contribution in [-0.4, -0.2) is 63.1 Å². The van der Waals surface area contributed by atoms with Gasteiger partial charge in [-0.2, -0.15) is 4.68 Å². The lowest BCUT2D eigenvalue weighted by Crippen LogP contribution is -2.36. The zero-order valence-corrected chi connectivity index (χ0v) is 19.9. The largest absolute Gasteiger partial charge is 0.379 e. The van der Waals surface area contributed by atoms with Crippen LogP contribution in [-0.2, 0) is 22.6 Å². The maximum absolute atomic E-state index is 12.5. The van der Waals surface area contributed by atoms with E-state index in [1.54, 1.807) is 4.68 Å². The lowest BCUT2D eigenvalue weighted by atomic mass is 10.0. The van der Waals surface area contributed by atoms with E-state index in [2.05, 4.69) is 63.9 Å². The highest BCUT2D eigenvalue weighted by Gasteiger charge is 2.14. The first kappa shape index (κ1) is 23.4. The minimum atomic E-state index is -0.0501. The lowest BCUT2D eigenvalue weighted by Gasteiger charge is -2.27. The molecule has 0 aliphatic carbocycles. The molecule has 1 fully saturated rings. The van der Waals surface area contributed by atoms with Crippen LogP contribution in [0.5, 0.6) is 0 Å². The molecule has 0 unspecified atom stereocenters. The molecule has 9 heteroatoms. The van der Waals surface area contributed by atoms with E-state index >= 15 is 0 Å². The molecule has 1 amide bonds. The number of nitrogens with one attached hydrogen (secondary N) is 1. The van der Waals surface area contributed by atoms with Crippen molar-refractivity contribution in [3.8, 4) is 5.69 Å². The number of carbonyl (C=O) groups excluding carboxylic acids is 1.